The van der Waals surface area contributed by atoms with Crippen molar-refractivity contribution in [2.45, 2.75) is 46.2 Å². The van der Waals surface area contributed by atoms with Gasteiger partial charge in [0.1, 0.15) is 11.9 Å². The first kappa shape index (κ1) is 24.6. The van der Waals surface area contributed by atoms with Crippen LogP contribution < -0.4 is 10.5 Å². The van der Waals surface area contributed by atoms with Crippen LogP contribution >= 0.6 is 0 Å². The van der Waals surface area contributed by atoms with E-state index in [2.05, 4.69) is 9.73 Å². The fourth-order valence-corrected chi connectivity index (χ4v) is 3.13. The molecule has 0 saturated carbocycles. The summed E-state index contributed by atoms with van der Waals surface area (Å²) in [7, 11) is 0. The number of aliphatic hydroxyl groups is 2. The normalized spacial score (nSPS) is 13.6. The Labute approximate surface area is 179 Å². The largest absolute Gasteiger partial charge is 0.573 e. The molecule has 0 heterocycles. The average Bonchev–Trinajstić information content (AvgIpc) is 2.73. The molecule has 2 aromatic rings. The van der Waals surface area contributed by atoms with Gasteiger partial charge in [-0.25, -0.2) is 0 Å². The van der Waals surface area contributed by atoms with Crippen molar-refractivity contribution in [3.63, 3.8) is 0 Å². The number of rotatable bonds is 8. The van der Waals surface area contributed by atoms with Gasteiger partial charge in [-0.05, 0) is 66.8 Å². The van der Waals surface area contributed by atoms with E-state index >= 15 is 0 Å². The first-order chi connectivity index (χ1) is 14.6. The fraction of sp³-hybridized carbons (Fsp3) is 0.348. The number of nitrogens with two attached hydrogens (primary N) is 1. The second-order valence-electron chi connectivity index (χ2n) is 7.09. The minimum Gasteiger partial charge on any atom is -0.406 e. The van der Waals surface area contributed by atoms with Gasteiger partial charge >= 0.3 is 6.36 Å². The average molecular weight is 436 g/mol. The van der Waals surface area contributed by atoms with Gasteiger partial charge in [0, 0.05) is 18.3 Å². The van der Waals surface area contributed by atoms with Gasteiger partial charge in [0.2, 0.25) is 0 Å². The monoisotopic (exact) mass is 436 g/mol. The molecule has 2 aromatic carbocycles. The van der Waals surface area contributed by atoms with Crippen molar-refractivity contribution < 1.29 is 28.1 Å². The molecule has 4 N–H and O–H groups in total. The minimum atomic E-state index is -4.77. The van der Waals surface area contributed by atoms with Crippen LogP contribution in [0.2, 0.25) is 0 Å². The number of halogens is 3. The summed E-state index contributed by atoms with van der Waals surface area (Å²) >= 11 is 0. The predicted octanol–water partition coefficient (Wildman–Crippen LogP) is 5.10. The van der Waals surface area contributed by atoms with Crippen LogP contribution in [0.3, 0.4) is 0 Å². The number of hydrogen-bond donors (Lipinski definition) is 3. The zero-order chi connectivity index (χ0) is 23.2. The highest BCUT2D eigenvalue weighted by Gasteiger charge is 2.31. The van der Waals surface area contributed by atoms with Gasteiger partial charge in [-0.15, -0.1) is 13.2 Å². The van der Waals surface area contributed by atoms with E-state index in [9.17, 15) is 23.4 Å². The van der Waals surface area contributed by atoms with E-state index in [0.717, 1.165) is 12.0 Å². The Morgan fingerprint density at radius 1 is 1.26 bits per heavy atom. The molecular formula is C23H27F3N2O3. The minimum absolute atomic E-state index is 0.0846. The summed E-state index contributed by atoms with van der Waals surface area (Å²) < 4.78 is 41.2. The summed E-state index contributed by atoms with van der Waals surface area (Å²) in [4.78, 5) is 4.52. The maximum atomic E-state index is 12.4. The molecule has 0 fully saturated rings. The van der Waals surface area contributed by atoms with Crippen LogP contribution in [0.1, 0.15) is 43.1 Å². The van der Waals surface area contributed by atoms with Gasteiger partial charge in [-0.3, -0.25) is 4.99 Å². The van der Waals surface area contributed by atoms with Crippen molar-refractivity contribution in [3.8, 4) is 16.9 Å². The van der Waals surface area contributed by atoms with Gasteiger partial charge in [-0.1, -0.05) is 24.6 Å². The Balaban J connectivity index is 2.62. The van der Waals surface area contributed by atoms with E-state index in [1.54, 1.807) is 19.2 Å². The molecule has 0 bridgehead atoms. The zero-order valence-corrected chi connectivity index (χ0v) is 17.7. The standard InChI is InChI=1S/C23H27F3N2O3/c1-4-14(2)9-10-28-22-15(3)19(11-17(12-27)21(22)20(30)13-29)16-5-7-18(8-6-16)31-23(24,25)26/h5-11,20,29-30H,4,12-13,27H2,1-3H3. The molecule has 0 amide bonds. The van der Waals surface area contributed by atoms with Crippen LogP contribution in [0, 0.1) is 6.92 Å². The van der Waals surface area contributed by atoms with Crippen LogP contribution in [0.5, 0.6) is 5.75 Å². The van der Waals surface area contributed by atoms with Crippen LogP contribution in [-0.4, -0.2) is 29.4 Å². The summed E-state index contributed by atoms with van der Waals surface area (Å²) in [5, 5.41) is 19.9. The summed E-state index contributed by atoms with van der Waals surface area (Å²) in [5.41, 5.74) is 10.5. The number of benzene rings is 2. The van der Waals surface area contributed by atoms with Crippen molar-refractivity contribution in [1.82, 2.24) is 0 Å². The Bertz CT molecular complexity index is 952. The third kappa shape index (κ3) is 6.40. The van der Waals surface area contributed by atoms with Crippen molar-refractivity contribution in [1.29, 1.82) is 0 Å². The molecule has 1 unspecified atom stereocenters. The second kappa shape index (κ2) is 10.6. The molecule has 168 valence electrons. The van der Waals surface area contributed by atoms with E-state index in [-0.39, 0.29) is 12.3 Å². The molecule has 8 heteroatoms. The zero-order valence-electron chi connectivity index (χ0n) is 17.7. The molecule has 0 aromatic heterocycles. The molecule has 31 heavy (non-hydrogen) atoms. The highest BCUT2D eigenvalue weighted by molar-refractivity contribution is 5.82. The van der Waals surface area contributed by atoms with Gasteiger partial charge in [-0.2, -0.15) is 0 Å². The molecule has 0 aliphatic rings. The fourth-order valence-electron chi connectivity index (χ4n) is 3.13. The molecule has 5 nitrogen and oxygen atoms in total. The number of nitrogens with zero attached hydrogens (tertiary/aromatic N) is 1. The Kier molecular flexibility index (Phi) is 8.38. The molecule has 0 saturated heterocycles. The van der Waals surface area contributed by atoms with E-state index in [4.69, 9.17) is 5.73 Å². The van der Waals surface area contributed by atoms with Crippen LogP contribution in [0.4, 0.5) is 18.9 Å². The third-order valence-corrected chi connectivity index (χ3v) is 4.92. The quantitative estimate of drug-likeness (QED) is 0.502. The SMILES string of the molecule is CCC(C)=CC=Nc1c(C)c(-c2ccc(OC(F)(F)F)cc2)cc(CN)c1C(O)CO. The van der Waals surface area contributed by atoms with Gasteiger partial charge < -0.3 is 20.7 Å². The lowest BCUT2D eigenvalue weighted by Gasteiger charge is -2.21. The lowest BCUT2D eigenvalue weighted by atomic mass is 9.90. The lowest BCUT2D eigenvalue weighted by Crippen LogP contribution is -2.16. The predicted molar refractivity (Wildman–Crippen MR) is 115 cm³/mol. The molecule has 2 rings (SSSR count). The summed E-state index contributed by atoms with van der Waals surface area (Å²) in [6.07, 6.45) is -1.60. The Morgan fingerprint density at radius 2 is 1.90 bits per heavy atom. The maximum absolute atomic E-state index is 12.4. The number of ether oxygens (including phenoxy) is 1. The number of aliphatic hydroxyl groups excluding tert-OH is 2. The number of aliphatic imine (C=N–C) groups is 1. The molecular weight excluding hydrogens is 409 g/mol. The molecule has 0 aliphatic heterocycles. The van der Waals surface area contributed by atoms with E-state index < -0.39 is 19.1 Å². The summed E-state index contributed by atoms with van der Waals surface area (Å²) in [6, 6.07) is 7.25. The number of allylic oxidation sites excluding steroid dienone is 2. The van der Waals surface area contributed by atoms with Crippen molar-refractivity contribution in [2.75, 3.05) is 6.61 Å². The third-order valence-electron chi connectivity index (χ3n) is 4.92. The van der Waals surface area contributed by atoms with Crippen molar-refractivity contribution >= 4 is 11.9 Å². The van der Waals surface area contributed by atoms with Crippen LogP contribution in [0.25, 0.3) is 11.1 Å². The number of alkyl halides is 3. The first-order valence-corrected chi connectivity index (χ1v) is 9.82. The van der Waals surface area contributed by atoms with Gasteiger partial charge in [0.15, 0.2) is 0 Å². The molecule has 0 spiro atoms. The summed E-state index contributed by atoms with van der Waals surface area (Å²) in [6.45, 7) is 5.37. The Morgan fingerprint density at radius 3 is 2.42 bits per heavy atom. The molecule has 0 aliphatic carbocycles. The van der Waals surface area contributed by atoms with Gasteiger partial charge in [0.25, 0.3) is 0 Å². The molecule has 0 radical (unpaired) electrons. The Hall–Kier alpha value is -2.68. The van der Waals surface area contributed by atoms with Crippen molar-refractivity contribution in [2.24, 2.45) is 10.7 Å². The number of hydrogen-bond acceptors (Lipinski definition) is 5. The second-order valence-corrected chi connectivity index (χ2v) is 7.09. The van der Waals surface area contributed by atoms with Crippen LogP contribution in [0.15, 0.2) is 47.0 Å². The van der Waals surface area contributed by atoms with Crippen molar-refractivity contribution in [3.05, 3.63) is 58.7 Å². The summed E-state index contributed by atoms with van der Waals surface area (Å²) in [5.74, 6) is -0.321. The highest BCUT2D eigenvalue weighted by atomic mass is 19.4. The van der Waals surface area contributed by atoms with E-state index in [1.807, 2.05) is 19.9 Å². The highest BCUT2D eigenvalue weighted by Crippen LogP contribution is 2.39. The topological polar surface area (TPSA) is 88.1 Å². The van der Waals surface area contributed by atoms with Gasteiger partial charge in [0.05, 0.1) is 12.3 Å². The maximum Gasteiger partial charge on any atom is 0.573 e. The first-order valence-electron chi connectivity index (χ1n) is 9.82. The smallest absolute Gasteiger partial charge is 0.406 e. The lowest BCUT2D eigenvalue weighted by molar-refractivity contribution is -0.274. The van der Waals surface area contributed by atoms with Crippen LogP contribution in [-0.2, 0) is 6.54 Å². The molecule has 1 atom stereocenters. The van der Waals surface area contributed by atoms with E-state index in [0.29, 0.717) is 33.5 Å². The van der Waals surface area contributed by atoms with E-state index in [1.165, 1.54) is 24.3 Å².